The van der Waals surface area contributed by atoms with Crippen LogP contribution >= 0.6 is 0 Å². The van der Waals surface area contributed by atoms with Crippen LogP contribution in [0.2, 0.25) is 0 Å². The van der Waals surface area contributed by atoms with Gasteiger partial charge in [-0.3, -0.25) is 4.79 Å². The monoisotopic (exact) mass is 277 g/mol. The number of amides is 1. The van der Waals surface area contributed by atoms with E-state index in [1.54, 1.807) is 0 Å². The molecule has 1 amide bonds. The van der Waals surface area contributed by atoms with Crippen LogP contribution in [0, 0.1) is 11.8 Å². The fraction of sp³-hybridized carbons (Fsp3) is 0.667. The van der Waals surface area contributed by atoms with Gasteiger partial charge in [0.15, 0.2) is 0 Å². The summed E-state index contributed by atoms with van der Waals surface area (Å²) in [4.78, 5) is 14.5. The largest absolute Gasteiger partial charge is 0.390 e. The van der Waals surface area contributed by atoms with Gasteiger partial charge >= 0.3 is 0 Å². The zero-order valence-corrected chi connectivity index (χ0v) is 11.7. The van der Waals surface area contributed by atoms with Gasteiger partial charge in [0.25, 0.3) is 0 Å². The van der Waals surface area contributed by atoms with E-state index in [0.29, 0.717) is 19.6 Å². The Kier molecular flexibility index (Phi) is 4.08. The van der Waals surface area contributed by atoms with Crippen LogP contribution < -0.4 is 10.6 Å². The normalized spacial score (nSPS) is 29.9. The molecule has 2 aliphatic heterocycles. The smallest absolute Gasteiger partial charge is 0.225 e. The lowest BCUT2D eigenvalue weighted by Crippen LogP contribution is -2.42. The molecule has 0 bridgehead atoms. The highest BCUT2D eigenvalue weighted by molar-refractivity contribution is 5.80. The molecule has 20 heavy (non-hydrogen) atoms. The topological polar surface area (TPSA) is 64.6 Å². The van der Waals surface area contributed by atoms with Crippen LogP contribution in [0.3, 0.4) is 0 Å². The molecular formula is C15H23N3O2. The number of hydrogen-bond acceptors (Lipinski definition) is 4. The molecule has 3 unspecified atom stereocenters. The molecule has 5 nitrogen and oxygen atoms in total. The lowest BCUT2D eigenvalue weighted by atomic mass is 9.95. The van der Waals surface area contributed by atoms with Crippen molar-refractivity contribution in [1.82, 2.24) is 15.5 Å². The minimum absolute atomic E-state index is 0.0397. The Hall–Kier alpha value is -1.33. The molecule has 0 saturated carbocycles. The minimum atomic E-state index is -0.472. The maximum Gasteiger partial charge on any atom is 0.225 e. The van der Waals surface area contributed by atoms with E-state index in [2.05, 4.69) is 21.6 Å². The first-order valence-electron chi connectivity index (χ1n) is 7.54. The summed E-state index contributed by atoms with van der Waals surface area (Å²) >= 11 is 0. The van der Waals surface area contributed by atoms with Crippen molar-refractivity contribution in [1.29, 1.82) is 0 Å². The number of likely N-dealkylation sites (tertiary alicyclic amines) is 1. The number of carbonyl (C=O) groups excluding carboxylic acids is 1. The standard InChI is InChI=1S/C15H23N3O2/c19-11(10-18-6-1-2-7-18)8-17-15(20)13-9-16-14-5-3-4-12(13)14/h3-5,11-13,16,19H,1-2,6-10H2,(H,17,20). The third-order valence-electron chi connectivity index (χ3n) is 4.43. The number of rotatable bonds is 5. The Morgan fingerprint density at radius 2 is 2.30 bits per heavy atom. The highest BCUT2D eigenvalue weighted by Crippen LogP contribution is 2.30. The van der Waals surface area contributed by atoms with Crippen molar-refractivity contribution in [3.05, 3.63) is 23.9 Å². The van der Waals surface area contributed by atoms with Gasteiger partial charge in [0.2, 0.25) is 5.91 Å². The number of fused-ring (bicyclic) bond motifs is 1. The first-order chi connectivity index (χ1) is 9.74. The number of nitrogens with zero attached hydrogens (tertiary/aromatic N) is 1. The summed E-state index contributed by atoms with van der Waals surface area (Å²) in [6, 6.07) is 0. The van der Waals surface area contributed by atoms with E-state index in [1.165, 1.54) is 12.8 Å². The van der Waals surface area contributed by atoms with Crippen molar-refractivity contribution in [2.24, 2.45) is 11.8 Å². The first-order valence-corrected chi connectivity index (χ1v) is 7.54. The molecular weight excluding hydrogens is 254 g/mol. The third kappa shape index (κ3) is 2.88. The number of hydrogen-bond donors (Lipinski definition) is 3. The summed E-state index contributed by atoms with van der Waals surface area (Å²) in [6.07, 6.45) is 8.06. The van der Waals surface area contributed by atoms with Crippen molar-refractivity contribution in [2.45, 2.75) is 18.9 Å². The number of allylic oxidation sites excluding steroid dienone is 3. The lowest BCUT2D eigenvalue weighted by Gasteiger charge is -2.21. The number of β-amino-alcohol motifs (C(OH)–C–C–N with tert-alkyl or cyclic N) is 1. The van der Waals surface area contributed by atoms with E-state index >= 15 is 0 Å². The van der Waals surface area contributed by atoms with Crippen molar-refractivity contribution in [3.63, 3.8) is 0 Å². The highest BCUT2D eigenvalue weighted by atomic mass is 16.3. The zero-order chi connectivity index (χ0) is 13.9. The molecule has 0 radical (unpaired) electrons. The molecule has 0 aromatic rings. The van der Waals surface area contributed by atoms with Gasteiger partial charge in [-0.1, -0.05) is 12.2 Å². The maximum absolute atomic E-state index is 12.2. The molecule has 3 aliphatic rings. The van der Waals surface area contributed by atoms with Crippen LogP contribution in [0.1, 0.15) is 12.8 Å². The van der Waals surface area contributed by atoms with Crippen LogP contribution in [0.5, 0.6) is 0 Å². The second-order valence-electron chi connectivity index (χ2n) is 5.93. The molecule has 0 aromatic carbocycles. The Balaban J connectivity index is 1.42. The van der Waals surface area contributed by atoms with Crippen molar-refractivity contribution in [3.8, 4) is 0 Å². The molecule has 2 fully saturated rings. The fourth-order valence-electron chi connectivity index (χ4n) is 3.31. The average Bonchev–Trinajstić information content (AvgIpc) is 3.12. The van der Waals surface area contributed by atoms with E-state index in [9.17, 15) is 9.90 Å². The SMILES string of the molecule is O=C(NCC(O)CN1CCCC1)C1CNC2=CC=CC21. The van der Waals surface area contributed by atoms with Crippen LogP contribution in [0.25, 0.3) is 0 Å². The van der Waals surface area contributed by atoms with Gasteiger partial charge in [0.05, 0.1) is 12.0 Å². The molecule has 0 spiro atoms. The van der Waals surface area contributed by atoms with E-state index < -0.39 is 6.10 Å². The van der Waals surface area contributed by atoms with E-state index in [0.717, 1.165) is 18.8 Å². The van der Waals surface area contributed by atoms with Crippen molar-refractivity contribution < 1.29 is 9.90 Å². The lowest BCUT2D eigenvalue weighted by molar-refractivity contribution is -0.125. The summed E-state index contributed by atoms with van der Waals surface area (Å²) in [7, 11) is 0. The van der Waals surface area contributed by atoms with E-state index in [-0.39, 0.29) is 17.7 Å². The van der Waals surface area contributed by atoms with Crippen LogP contribution in [0.15, 0.2) is 23.9 Å². The molecule has 1 aliphatic carbocycles. The first kappa shape index (κ1) is 13.6. The Morgan fingerprint density at radius 3 is 3.10 bits per heavy atom. The molecule has 3 atom stereocenters. The van der Waals surface area contributed by atoms with Crippen molar-refractivity contribution in [2.75, 3.05) is 32.7 Å². The molecule has 110 valence electrons. The summed E-state index contributed by atoms with van der Waals surface area (Å²) in [5, 5.41) is 16.1. The van der Waals surface area contributed by atoms with Crippen LogP contribution in [0.4, 0.5) is 0 Å². The van der Waals surface area contributed by atoms with Crippen molar-refractivity contribution >= 4 is 5.91 Å². The number of nitrogens with one attached hydrogen (secondary N) is 2. The fourth-order valence-corrected chi connectivity index (χ4v) is 3.31. The molecule has 2 saturated heterocycles. The molecule has 3 rings (SSSR count). The predicted octanol–water partition coefficient (Wildman–Crippen LogP) is -0.151. The molecule has 3 N–H and O–H groups in total. The summed E-state index contributed by atoms with van der Waals surface area (Å²) in [5.41, 5.74) is 1.14. The van der Waals surface area contributed by atoms with Gasteiger partial charge in [-0.05, 0) is 32.0 Å². The quantitative estimate of drug-likeness (QED) is 0.654. The van der Waals surface area contributed by atoms with Crippen LogP contribution in [-0.4, -0.2) is 54.7 Å². The number of carbonyl (C=O) groups is 1. The van der Waals surface area contributed by atoms with Gasteiger partial charge in [-0.15, -0.1) is 0 Å². The molecule has 0 aromatic heterocycles. The summed E-state index contributed by atoms with van der Waals surface area (Å²) < 4.78 is 0. The van der Waals surface area contributed by atoms with E-state index in [1.807, 2.05) is 12.2 Å². The maximum atomic E-state index is 12.2. The van der Waals surface area contributed by atoms with Gasteiger partial charge in [0, 0.05) is 31.2 Å². The Labute approximate surface area is 119 Å². The molecule has 2 heterocycles. The zero-order valence-electron chi connectivity index (χ0n) is 11.7. The van der Waals surface area contributed by atoms with Gasteiger partial charge in [-0.2, -0.15) is 0 Å². The van der Waals surface area contributed by atoms with Gasteiger partial charge < -0.3 is 20.6 Å². The minimum Gasteiger partial charge on any atom is -0.390 e. The Morgan fingerprint density at radius 1 is 1.50 bits per heavy atom. The van der Waals surface area contributed by atoms with Crippen LogP contribution in [-0.2, 0) is 4.79 Å². The summed E-state index contributed by atoms with van der Waals surface area (Å²) in [5.74, 6) is 0.197. The number of aliphatic hydroxyl groups is 1. The second-order valence-corrected chi connectivity index (χ2v) is 5.93. The van der Waals surface area contributed by atoms with E-state index in [4.69, 9.17) is 0 Å². The second kappa shape index (κ2) is 5.97. The molecule has 5 heteroatoms. The predicted molar refractivity (Wildman–Crippen MR) is 76.9 cm³/mol. The van der Waals surface area contributed by atoms with Gasteiger partial charge in [0.1, 0.15) is 0 Å². The Bertz CT molecular complexity index is 427. The summed E-state index contributed by atoms with van der Waals surface area (Å²) in [6.45, 7) is 3.84. The average molecular weight is 277 g/mol. The van der Waals surface area contributed by atoms with Gasteiger partial charge in [-0.25, -0.2) is 0 Å². The number of aliphatic hydroxyl groups excluding tert-OH is 1. The highest BCUT2D eigenvalue weighted by Gasteiger charge is 2.36. The third-order valence-corrected chi connectivity index (χ3v) is 4.43.